The molecule has 1 saturated carbocycles. The standard InChI is InChI=1S/C19H26N2O3/c1-13-8-10-14(11-9-13)24-17(22)12-21-16-7-5-4-6-15(16)20-19(2,3)18(21)23/h4-7,13-14,20H,8-12H2,1-3H3. The molecule has 1 heterocycles. The minimum absolute atomic E-state index is 0.00466. The van der Waals surface area contributed by atoms with Crippen molar-refractivity contribution in [3.63, 3.8) is 0 Å². The Labute approximate surface area is 143 Å². The third kappa shape index (κ3) is 3.40. The van der Waals surface area contributed by atoms with E-state index in [0.29, 0.717) is 5.92 Å². The zero-order chi connectivity index (χ0) is 17.3. The lowest BCUT2D eigenvalue weighted by Gasteiger charge is -2.39. The van der Waals surface area contributed by atoms with E-state index in [9.17, 15) is 9.59 Å². The summed E-state index contributed by atoms with van der Waals surface area (Å²) < 4.78 is 5.62. The number of amides is 1. The molecule has 0 atom stereocenters. The van der Waals surface area contributed by atoms with Crippen molar-refractivity contribution in [2.24, 2.45) is 5.92 Å². The molecule has 1 aliphatic heterocycles. The van der Waals surface area contributed by atoms with Crippen LogP contribution in [0.1, 0.15) is 46.5 Å². The van der Waals surface area contributed by atoms with Crippen molar-refractivity contribution in [2.45, 2.75) is 58.1 Å². The van der Waals surface area contributed by atoms with Crippen molar-refractivity contribution in [1.29, 1.82) is 0 Å². The fraction of sp³-hybridized carbons (Fsp3) is 0.579. The van der Waals surface area contributed by atoms with Crippen molar-refractivity contribution in [3.8, 4) is 0 Å². The SMILES string of the molecule is CC1CCC(OC(=O)CN2C(=O)C(C)(C)Nc3ccccc32)CC1. The van der Waals surface area contributed by atoms with E-state index in [4.69, 9.17) is 4.74 Å². The molecule has 0 bridgehead atoms. The molecule has 1 N–H and O–H groups in total. The zero-order valence-electron chi connectivity index (χ0n) is 14.7. The van der Waals surface area contributed by atoms with Crippen LogP contribution >= 0.6 is 0 Å². The molecule has 0 saturated heterocycles. The number of ether oxygens (including phenoxy) is 1. The van der Waals surface area contributed by atoms with Crippen LogP contribution in [0.5, 0.6) is 0 Å². The number of carbonyl (C=O) groups excluding carboxylic acids is 2. The lowest BCUT2D eigenvalue weighted by Crippen LogP contribution is -2.55. The van der Waals surface area contributed by atoms with Crippen LogP contribution in [0, 0.1) is 5.92 Å². The number of rotatable bonds is 3. The van der Waals surface area contributed by atoms with Gasteiger partial charge in [-0.25, -0.2) is 0 Å². The van der Waals surface area contributed by atoms with Crippen molar-refractivity contribution in [1.82, 2.24) is 0 Å². The highest BCUT2D eigenvalue weighted by atomic mass is 16.5. The van der Waals surface area contributed by atoms with Crippen molar-refractivity contribution in [3.05, 3.63) is 24.3 Å². The minimum Gasteiger partial charge on any atom is -0.461 e. The molecule has 1 aromatic carbocycles. The van der Waals surface area contributed by atoms with Crippen molar-refractivity contribution >= 4 is 23.3 Å². The summed E-state index contributed by atoms with van der Waals surface area (Å²) in [4.78, 5) is 26.7. The molecule has 1 aliphatic carbocycles. The van der Waals surface area contributed by atoms with Gasteiger partial charge in [0.05, 0.1) is 11.4 Å². The van der Waals surface area contributed by atoms with Gasteiger partial charge >= 0.3 is 5.97 Å². The maximum absolute atomic E-state index is 12.7. The van der Waals surface area contributed by atoms with Crippen LogP contribution in [0.3, 0.4) is 0 Å². The second-order valence-electron chi connectivity index (χ2n) is 7.53. The van der Waals surface area contributed by atoms with Crippen molar-refractivity contribution < 1.29 is 14.3 Å². The number of nitrogens with zero attached hydrogens (tertiary/aromatic N) is 1. The summed E-state index contributed by atoms with van der Waals surface area (Å²) in [5, 5.41) is 3.23. The maximum atomic E-state index is 12.7. The van der Waals surface area contributed by atoms with Gasteiger partial charge in [-0.3, -0.25) is 14.5 Å². The molecule has 0 unspecified atom stereocenters. The topological polar surface area (TPSA) is 58.6 Å². The lowest BCUT2D eigenvalue weighted by molar-refractivity contribution is -0.150. The van der Waals surface area contributed by atoms with E-state index >= 15 is 0 Å². The number of nitrogens with one attached hydrogen (secondary N) is 1. The molecule has 0 aromatic heterocycles. The maximum Gasteiger partial charge on any atom is 0.326 e. The van der Waals surface area contributed by atoms with Crippen molar-refractivity contribution in [2.75, 3.05) is 16.8 Å². The number of para-hydroxylation sites is 2. The number of carbonyl (C=O) groups is 2. The van der Waals surface area contributed by atoms with Gasteiger partial charge in [-0.15, -0.1) is 0 Å². The Morgan fingerprint density at radius 1 is 1.25 bits per heavy atom. The molecular weight excluding hydrogens is 304 g/mol. The first-order valence-corrected chi connectivity index (χ1v) is 8.75. The summed E-state index contributed by atoms with van der Waals surface area (Å²) in [6.45, 7) is 5.85. The molecule has 1 fully saturated rings. The van der Waals surface area contributed by atoms with Gasteiger partial charge in [0, 0.05) is 0 Å². The van der Waals surface area contributed by atoms with Gasteiger partial charge in [0.2, 0.25) is 0 Å². The van der Waals surface area contributed by atoms with E-state index in [1.54, 1.807) is 4.90 Å². The molecule has 1 amide bonds. The summed E-state index contributed by atoms with van der Waals surface area (Å²) in [5.74, 6) is 0.271. The van der Waals surface area contributed by atoms with E-state index in [1.807, 2.05) is 38.1 Å². The Morgan fingerprint density at radius 2 is 1.92 bits per heavy atom. The minimum atomic E-state index is -0.741. The Bertz CT molecular complexity index is 633. The summed E-state index contributed by atoms with van der Waals surface area (Å²) >= 11 is 0. The first-order valence-electron chi connectivity index (χ1n) is 8.75. The van der Waals surface area contributed by atoms with Crippen LogP contribution in [0.25, 0.3) is 0 Å². The highest BCUT2D eigenvalue weighted by molar-refractivity contribution is 6.09. The third-order valence-corrected chi connectivity index (χ3v) is 4.97. The summed E-state index contributed by atoms with van der Waals surface area (Å²) in [6.07, 6.45) is 4.03. The zero-order valence-corrected chi connectivity index (χ0v) is 14.7. The summed E-state index contributed by atoms with van der Waals surface area (Å²) in [5.41, 5.74) is 0.854. The first kappa shape index (κ1) is 16.8. The molecule has 130 valence electrons. The highest BCUT2D eigenvalue weighted by Crippen LogP contribution is 2.35. The van der Waals surface area contributed by atoms with Crippen LogP contribution in [0.15, 0.2) is 24.3 Å². The normalized spacial score (nSPS) is 25.6. The number of esters is 1. The second-order valence-corrected chi connectivity index (χ2v) is 7.53. The van der Waals surface area contributed by atoms with Gasteiger partial charge in [0.1, 0.15) is 18.2 Å². The molecular formula is C19H26N2O3. The molecule has 2 aliphatic rings. The van der Waals surface area contributed by atoms with Gasteiger partial charge in [-0.2, -0.15) is 0 Å². The van der Waals surface area contributed by atoms with Crippen LogP contribution < -0.4 is 10.2 Å². The van der Waals surface area contributed by atoms with Crippen LogP contribution in [0.2, 0.25) is 0 Å². The number of benzene rings is 1. The van der Waals surface area contributed by atoms with Gasteiger partial charge in [-0.05, 0) is 57.6 Å². The van der Waals surface area contributed by atoms with E-state index in [0.717, 1.165) is 37.1 Å². The van der Waals surface area contributed by atoms with E-state index < -0.39 is 5.54 Å². The number of anilines is 2. The average molecular weight is 330 g/mol. The van der Waals surface area contributed by atoms with Gasteiger partial charge in [-0.1, -0.05) is 19.1 Å². The Balaban J connectivity index is 1.71. The Morgan fingerprint density at radius 3 is 2.62 bits per heavy atom. The summed E-state index contributed by atoms with van der Waals surface area (Å²) in [6, 6.07) is 7.56. The first-order chi connectivity index (χ1) is 11.4. The predicted molar refractivity (Wildman–Crippen MR) is 94.0 cm³/mol. The highest BCUT2D eigenvalue weighted by Gasteiger charge is 2.39. The smallest absolute Gasteiger partial charge is 0.326 e. The Hall–Kier alpha value is -2.04. The third-order valence-electron chi connectivity index (χ3n) is 4.97. The second kappa shape index (κ2) is 6.46. The number of hydrogen-bond acceptors (Lipinski definition) is 4. The van der Waals surface area contributed by atoms with Gasteiger partial charge in [0.15, 0.2) is 0 Å². The van der Waals surface area contributed by atoms with E-state index in [2.05, 4.69) is 12.2 Å². The molecule has 0 radical (unpaired) electrons. The lowest BCUT2D eigenvalue weighted by atomic mass is 9.89. The largest absolute Gasteiger partial charge is 0.461 e. The quantitative estimate of drug-likeness (QED) is 0.864. The van der Waals surface area contributed by atoms with E-state index in [-0.39, 0.29) is 24.5 Å². The average Bonchev–Trinajstić information content (AvgIpc) is 2.54. The van der Waals surface area contributed by atoms with Gasteiger partial charge < -0.3 is 10.1 Å². The van der Waals surface area contributed by atoms with Crippen LogP contribution in [-0.2, 0) is 14.3 Å². The van der Waals surface area contributed by atoms with Gasteiger partial charge in [0.25, 0.3) is 5.91 Å². The number of fused-ring (bicyclic) bond motifs is 1. The molecule has 1 aromatic rings. The predicted octanol–water partition coefficient (Wildman–Crippen LogP) is 3.35. The van der Waals surface area contributed by atoms with Crippen LogP contribution in [-0.4, -0.2) is 30.1 Å². The molecule has 3 rings (SSSR count). The molecule has 24 heavy (non-hydrogen) atoms. The summed E-state index contributed by atoms with van der Waals surface area (Å²) in [7, 11) is 0. The fourth-order valence-corrected chi connectivity index (χ4v) is 3.51. The fourth-order valence-electron chi connectivity index (χ4n) is 3.51. The van der Waals surface area contributed by atoms with E-state index in [1.165, 1.54) is 0 Å². The monoisotopic (exact) mass is 330 g/mol. The molecule has 5 nitrogen and oxygen atoms in total. The number of hydrogen-bond donors (Lipinski definition) is 1. The molecule has 5 heteroatoms. The Kier molecular flexibility index (Phi) is 4.52. The van der Waals surface area contributed by atoms with Crippen LogP contribution in [0.4, 0.5) is 11.4 Å². The molecule has 0 spiro atoms.